The third kappa shape index (κ3) is 6.21. The average molecular weight is 368 g/mol. The Bertz CT molecular complexity index is 349. The van der Waals surface area contributed by atoms with Crippen molar-refractivity contribution in [1.82, 2.24) is 15.6 Å². The van der Waals surface area contributed by atoms with E-state index in [0.717, 1.165) is 24.6 Å². The van der Waals surface area contributed by atoms with Gasteiger partial charge in [0, 0.05) is 18.5 Å². The van der Waals surface area contributed by atoms with Crippen LogP contribution in [0.5, 0.6) is 0 Å². The van der Waals surface area contributed by atoms with Crippen LogP contribution in [0.1, 0.15) is 31.5 Å². The highest BCUT2D eigenvalue weighted by Crippen LogP contribution is 2.09. The highest BCUT2D eigenvalue weighted by Gasteiger charge is 2.02. The number of aliphatic imine (C=N–C) groups is 1. The zero-order valence-electron chi connectivity index (χ0n) is 10.8. The highest BCUT2D eigenvalue weighted by atomic mass is 127. The topological polar surface area (TPSA) is 49.3 Å². The van der Waals surface area contributed by atoms with Crippen LogP contribution in [0.2, 0.25) is 0 Å². The van der Waals surface area contributed by atoms with E-state index in [4.69, 9.17) is 0 Å². The van der Waals surface area contributed by atoms with Gasteiger partial charge in [-0.05, 0) is 20.3 Å². The van der Waals surface area contributed by atoms with Gasteiger partial charge in [0.05, 0.1) is 17.2 Å². The van der Waals surface area contributed by atoms with Gasteiger partial charge in [0.2, 0.25) is 0 Å². The van der Waals surface area contributed by atoms with Crippen LogP contribution >= 0.6 is 35.3 Å². The van der Waals surface area contributed by atoms with E-state index in [1.54, 1.807) is 18.4 Å². The van der Waals surface area contributed by atoms with Gasteiger partial charge in [-0.1, -0.05) is 6.92 Å². The van der Waals surface area contributed by atoms with E-state index < -0.39 is 0 Å². The van der Waals surface area contributed by atoms with Crippen molar-refractivity contribution in [3.63, 3.8) is 0 Å². The first-order valence-corrected chi connectivity index (χ1v) is 6.44. The molecular weight excluding hydrogens is 347 g/mol. The van der Waals surface area contributed by atoms with E-state index in [1.165, 1.54) is 5.01 Å². The highest BCUT2D eigenvalue weighted by molar-refractivity contribution is 14.0. The van der Waals surface area contributed by atoms with Crippen molar-refractivity contribution >= 4 is 41.3 Å². The third-order valence-electron chi connectivity index (χ3n) is 1.99. The second-order valence-electron chi connectivity index (χ2n) is 3.81. The average Bonchev–Trinajstić information content (AvgIpc) is 2.71. The lowest BCUT2D eigenvalue weighted by Gasteiger charge is -2.13. The predicted octanol–water partition coefficient (Wildman–Crippen LogP) is 2.40. The third-order valence-corrected chi connectivity index (χ3v) is 3.03. The Hall–Kier alpha value is -0.370. The van der Waals surface area contributed by atoms with Crippen molar-refractivity contribution in [2.24, 2.45) is 4.99 Å². The van der Waals surface area contributed by atoms with Gasteiger partial charge < -0.3 is 10.6 Å². The molecule has 1 rings (SSSR count). The molecule has 0 amide bonds. The van der Waals surface area contributed by atoms with Crippen LogP contribution in [0, 0.1) is 0 Å². The number of aromatic nitrogens is 1. The molecule has 0 saturated heterocycles. The van der Waals surface area contributed by atoms with Crippen LogP contribution in [-0.2, 0) is 13.0 Å². The number of aryl methyl sites for hydroxylation is 1. The van der Waals surface area contributed by atoms with Gasteiger partial charge >= 0.3 is 0 Å². The van der Waals surface area contributed by atoms with Crippen LogP contribution in [0.3, 0.4) is 0 Å². The van der Waals surface area contributed by atoms with Gasteiger partial charge in [-0.2, -0.15) is 0 Å². The number of rotatable bonds is 4. The number of halogens is 1. The zero-order valence-corrected chi connectivity index (χ0v) is 13.9. The van der Waals surface area contributed by atoms with Crippen molar-refractivity contribution in [3.8, 4) is 0 Å². The minimum atomic E-state index is 0. The Balaban J connectivity index is 0.00000256. The van der Waals surface area contributed by atoms with Gasteiger partial charge in [-0.3, -0.25) is 4.99 Å². The molecule has 0 saturated carbocycles. The first-order valence-electron chi connectivity index (χ1n) is 5.56. The van der Waals surface area contributed by atoms with E-state index in [2.05, 4.69) is 46.8 Å². The number of nitrogens with one attached hydrogen (secondary N) is 2. The van der Waals surface area contributed by atoms with E-state index in [1.807, 2.05) is 0 Å². The summed E-state index contributed by atoms with van der Waals surface area (Å²) < 4.78 is 0. The molecule has 0 atom stereocenters. The molecule has 0 aromatic carbocycles. The fourth-order valence-electron chi connectivity index (χ4n) is 1.23. The maximum atomic E-state index is 4.49. The molecule has 1 aromatic rings. The Morgan fingerprint density at radius 3 is 2.71 bits per heavy atom. The number of hydrogen-bond donors (Lipinski definition) is 2. The Labute approximate surface area is 124 Å². The van der Waals surface area contributed by atoms with Gasteiger partial charge in [0.25, 0.3) is 0 Å². The minimum absolute atomic E-state index is 0. The normalized spacial score (nSPS) is 11.2. The number of thiazole rings is 1. The fourth-order valence-corrected chi connectivity index (χ4v) is 1.98. The summed E-state index contributed by atoms with van der Waals surface area (Å²) in [4.78, 5) is 8.63. The number of nitrogens with zero attached hydrogens (tertiary/aromatic N) is 2. The van der Waals surface area contributed by atoms with Crippen LogP contribution in [0.15, 0.2) is 10.4 Å². The second-order valence-corrected chi connectivity index (χ2v) is 4.75. The largest absolute Gasteiger partial charge is 0.354 e. The molecule has 0 fully saturated rings. The monoisotopic (exact) mass is 368 g/mol. The summed E-state index contributed by atoms with van der Waals surface area (Å²) >= 11 is 1.71. The van der Waals surface area contributed by atoms with E-state index >= 15 is 0 Å². The molecule has 0 aliphatic heterocycles. The molecule has 0 unspecified atom stereocenters. The van der Waals surface area contributed by atoms with Crippen LogP contribution in [0.4, 0.5) is 0 Å². The van der Waals surface area contributed by atoms with Crippen LogP contribution in [-0.4, -0.2) is 24.0 Å². The van der Waals surface area contributed by atoms with Crippen LogP contribution in [0.25, 0.3) is 0 Å². The van der Waals surface area contributed by atoms with Gasteiger partial charge in [0.15, 0.2) is 5.96 Å². The molecule has 0 bridgehead atoms. The molecule has 1 aromatic heterocycles. The van der Waals surface area contributed by atoms with Gasteiger partial charge in [-0.25, -0.2) is 4.98 Å². The predicted molar refractivity (Wildman–Crippen MR) is 85.4 cm³/mol. The smallest absolute Gasteiger partial charge is 0.191 e. The Morgan fingerprint density at radius 2 is 2.24 bits per heavy atom. The first-order chi connectivity index (χ1) is 7.65. The summed E-state index contributed by atoms with van der Waals surface area (Å²) in [6.07, 6.45) is 1.00. The molecule has 98 valence electrons. The molecular formula is C11H21IN4S. The van der Waals surface area contributed by atoms with E-state index in [-0.39, 0.29) is 24.0 Å². The van der Waals surface area contributed by atoms with E-state index in [9.17, 15) is 0 Å². The minimum Gasteiger partial charge on any atom is -0.354 e. The van der Waals surface area contributed by atoms with Crippen molar-refractivity contribution in [3.05, 3.63) is 16.1 Å². The Morgan fingerprint density at radius 1 is 1.53 bits per heavy atom. The zero-order chi connectivity index (χ0) is 12.0. The maximum absolute atomic E-state index is 4.49. The molecule has 0 radical (unpaired) electrons. The SMILES string of the molecule is CCc1nc(CNC(=NC)NC(C)C)cs1.I. The van der Waals surface area contributed by atoms with Crippen molar-refractivity contribution in [2.75, 3.05) is 7.05 Å². The van der Waals surface area contributed by atoms with Crippen LogP contribution < -0.4 is 10.6 Å². The van der Waals surface area contributed by atoms with Crippen molar-refractivity contribution in [2.45, 2.75) is 39.8 Å². The molecule has 6 heteroatoms. The quantitative estimate of drug-likeness (QED) is 0.488. The lowest BCUT2D eigenvalue weighted by atomic mass is 10.4. The summed E-state index contributed by atoms with van der Waals surface area (Å²) in [6, 6.07) is 0.382. The summed E-state index contributed by atoms with van der Waals surface area (Å²) in [5, 5.41) is 9.75. The molecule has 4 nitrogen and oxygen atoms in total. The van der Waals surface area contributed by atoms with Crippen molar-refractivity contribution < 1.29 is 0 Å². The number of hydrogen-bond acceptors (Lipinski definition) is 3. The fraction of sp³-hybridized carbons (Fsp3) is 0.636. The molecule has 17 heavy (non-hydrogen) atoms. The molecule has 2 N–H and O–H groups in total. The summed E-state index contributed by atoms with van der Waals surface area (Å²) in [5.41, 5.74) is 1.08. The van der Waals surface area contributed by atoms with E-state index in [0.29, 0.717) is 6.04 Å². The summed E-state index contributed by atoms with van der Waals surface area (Å²) in [7, 11) is 1.77. The maximum Gasteiger partial charge on any atom is 0.191 e. The molecule has 0 aliphatic rings. The lowest BCUT2D eigenvalue weighted by molar-refractivity contribution is 0.696. The Kier molecular flexibility index (Phi) is 8.49. The molecule has 0 aliphatic carbocycles. The summed E-state index contributed by atoms with van der Waals surface area (Å²) in [6.45, 7) is 7.02. The van der Waals surface area contributed by atoms with Crippen molar-refractivity contribution in [1.29, 1.82) is 0 Å². The molecule has 1 heterocycles. The molecule has 0 spiro atoms. The van der Waals surface area contributed by atoms with Gasteiger partial charge in [0.1, 0.15) is 0 Å². The second kappa shape index (κ2) is 8.68. The number of guanidine groups is 1. The lowest BCUT2D eigenvalue weighted by Crippen LogP contribution is -2.40. The van der Waals surface area contributed by atoms with Gasteiger partial charge in [-0.15, -0.1) is 35.3 Å². The first kappa shape index (κ1) is 16.6. The standard InChI is InChI=1S/C11H20N4S.HI/c1-5-10-15-9(7-16-10)6-13-11(12-4)14-8(2)3;/h7-8H,5-6H2,1-4H3,(H2,12,13,14);1H. The summed E-state index contributed by atoms with van der Waals surface area (Å²) in [5.74, 6) is 0.820.